The molecule has 108 valence electrons. The van der Waals surface area contributed by atoms with E-state index >= 15 is 0 Å². The first-order chi connectivity index (χ1) is 10.2. The third-order valence-electron chi connectivity index (χ3n) is 3.51. The maximum Gasteiger partial charge on any atom is 0.250 e. The largest absolute Gasteiger partial charge is 0.491 e. The summed E-state index contributed by atoms with van der Waals surface area (Å²) in [6.07, 6.45) is 1.63. The van der Waals surface area contributed by atoms with Crippen LogP contribution in [0.4, 0.5) is 0 Å². The Hall–Kier alpha value is -2.56. The Kier molecular flexibility index (Phi) is 3.73. The molecule has 3 rings (SSSR count). The highest BCUT2D eigenvalue weighted by atomic mass is 16.5. The van der Waals surface area contributed by atoms with Gasteiger partial charge in [-0.1, -0.05) is 24.3 Å². The molecule has 1 aliphatic rings. The van der Waals surface area contributed by atoms with E-state index in [1.165, 1.54) is 10.6 Å². The lowest BCUT2D eigenvalue weighted by molar-refractivity contribution is -0.132. The Balaban J connectivity index is 1.77. The van der Waals surface area contributed by atoms with Gasteiger partial charge in [-0.25, -0.2) is 0 Å². The van der Waals surface area contributed by atoms with E-state index in [4.69, 9.17) is 4.74 Å². The Morgan fingerprint density at radius 1 is 1.14 bits per heavy atom. The van der Waals surface area contributed by atoms with Crippen LogP contribution in [-0.2, 0) is 17.9 Å². The van der Waals surface area contributed by atoms with E-state index in [1.807, 2.05) is 24.3 Å². The molecule has 0 aliphatic carbocycles. The number of rotatable bonds is 2. The zero-order chi connectivity index (χ0) is 14.7. The van der Waals surface area contributed by atoms with E-state index in [1.54, 1.807) is 23.2 Å². The molecule has 1 aromatic heterocycles. The zero-order valence-electron chi connectivity index (χ0n) is 11.6. The van der Waals surface area contributed by atoms with Crippen LogP contribution in [0.15, 0.2) is 53.5 Å². The number of ether oxygens (including phenoxy) is 1. The lowest BCUT2D eigenvalue weighted by Crippen LogP contribution is -2.37. The molecule has 1 aliphatic heterocycles. The standard InChI is InChI=1S/C16H16N2O3/c19-15-7-3-4-8-17(15)12-16(20)18-9-10-21-14-6-2-1-5-13(14)11-18/h1-8H,9-12H2. The van der Waals surface area contributed by atoms with Crippen molar-refractivity contribution in [1.29, 1.82) is 0 Å². The maximum absolute atomic E-state index is 12.4. The Labute approximate surface area is 122 Å². The van der Waals surface area contributed by atoms with Gasteiger partial charge < -0.3 is 14.2 Å². The molecule has 0 fully saturated rings. The molecule has 2 aromatic rings. The van der Waals surface area contributed by atoms with Crippen molar-refractivity contribution in [1.82, 2.24) is 9.47 Å². The van der Waals surface area contributed by atoms with Crippen LogP contribution in [0.2, 0.25) is 0 Å². The normalized spacial score (nSPS) is 14.0. The second-order valence-corrected chi connectivity index (χ2v) is 4.94. The Bertz CT molecular complexity index is 708. The van der Waals surface area contributed by atoms with E-state index in [-0.39, 0.29) is 18.0 Å². The number of aromatic nitrogens is 1. The van der Waals surface area contributed by atoms with Crippen molar-refractivity contribution >= 4 is 5.91 Å². The van der Waals surface area contributed by atoms with Crippen molar-refractivity contribution in [3.63, 3.8) is 0 Å². The molecule has 5 heteroatoms. The summed E-state index contributed by atoms with van der Waals surface area (Å²) in [4.78, 5) is 25.8. The van der Waals surface area contributed by atoms with E-state index in [0.29, 0.717) is 19.7 Å². The molecule has 1 amide bonds. The SMILES string of the molecule is O=C(Cn1ccccc1=O)N1CCOc2ccccc2C1. The van der Waals surface area contributed by atoms with Crippen molar-refractivity contribution in [2.75, 3.05) is 13.2 Å². The molecule has 0 saturated carbocycles. The van der Waals surface area contributed by atoms with Crippen LogP contribution in [0.5, 0.6) is 5.75 Å². The number of nitrogens with zero attached hydrogens (tertiary/aromatic N) is 2. The van der Waals surface area contributed by atoms with Gasteiger partial charge in [-0.2, -0.15) is 0 Å². The van der Waals surface area contributed by atoms with Crippen molar-refractivity contribution < 1.29 is 9.53 Å². The predicted octanol–water partition coefficient (Wildman–Crippen LogP) is 1.27. The first-order valence-corrected chi connectivity index (χ1v) is 6.88. The number of pyridine rings is 1. The average Bonchev–Trinajstić information content (AvgIpc) is 2.72. The summed E-state index contributed by atoms with van der Waals surface area (Å²) >= 11 is 0. The van der Waals surface area contributed by atoms with Gasteiger partial charge in [0.15, 0.2) is 0 Å². The van der Waals surface area contributed by atoms with Gasteiger partial charge in [0.2, 0.25) is 5.91 Å². The number of carbonyl (C=O) groups excluding carboxylic acids is 1. The van der Waals surface area contributed by atoms with Crippen LogP contribution in [0.25, 0.3) is 0 Å². The highest BCUT2D eigenvalue weighted by Gasteiger charge is 2.19. The van der Waals surface area contributed by atoms with Crippen LogP contribution < -0.4 is 10.3 Å². The summed E-state index contributed by atoms with van der Waals surface area (Å²) < 4.78 is 7.06. The van der Waals surface area contributed by atoms with Gasteiger partial charge >= 0.3 is 0 Å². The molecule has 0 spiro atoms. The second kappa shape index (κ2) is 5.83. The molecule has 0 atom stereocenters. The van der Waals surface area contributed by atoms with Crippen molar-refractivity contribution in [3.05, 3.63) is 64.6 Å². The van der Waals surface area contributed by atoms with Crippen LogP contribution >= 0.6 is 0 Å². The fourth-order valence-electron chi connectivity index (χ4n) is 2.38. The smallest absolute Gasteiger partial charge is 0.250 e. The van der Waals surface area contributed by atoms with Gasteiger partial charge in [-0.15, -0.1) is 0 Å². The van der Waals surface area contributed by atoms with Gasteiger partial charge in [-0.05, 0) is 12.1 Å². The van der Waals surface area contributed by atoms with E-state index in [0.717, 1.165) is 11.3 Å². The molecule has 21 heavy (non-hydrogen) atoms. The van der Waals surface area contributed by atoms with Crippen LogP contribution in [-0.4, -0.2) is 28.5 Å². The highest BCUT2D eigenvalue weighted by molar-refractivity contribution is 5.76. The summed E-state index contributed by atoms with van der Waals surface area (Å²) in [5.74, 6) is 0.744. The number of hydrogen-bond acceptors (Lipinski definition) is 3. The molecule has 0 unspecified atom stereocenters. The molecule has 0 saturated heterocycles. The lowest BCUT2D eigenvalue weighted by Gasteiger charge is -2.20. The number of benzene rings is 1. The minimum Gasteiger partial charge on any atom is -0.491 e. The molecule has 0 N–H and O–H groups in total. The Morgan fingerprint density at radius 3 is 2.81 bits per heavy atom. The molecule has 5 nitrogen and oxygen atoms in total. The number of amides is 1. The van der Waals surface area contributed by atoms with E-state index < -0.39 is 0 Å². The minimum absolute atomic E-state index is 0.0574. The van der Waals surface area contributed by atoms with Gasteiger partial charge in [0.25, 0.3) is 5.56 Å². The lowest BCUT2D eigenvalue weighted by atomic mass is 10.2. The van der Waals surface area contributed by atoms with E-state index in [2.05, 4.69) is 0 Å². The van der Waals surface area contributed by atoms with Crippen molar-refractivity contribution in [3.8, 4) is 5.75 Å². The first-order valence-electron chi connectivity index (χ1n) is 6.88. The summed E-state index contributed by atoms with van der Waals surface area (Å²) in [6, 6.07) is 12.6. The predicted molar refractivity (Wildman–Crippen MR) is 78.1 cm³/mol. The van der Waals surface area contributed by atoms with Crippen LogP contribution in [0.3, 0.4) is 0 Å². The summed E-state index contributed by atoms with van der Waals surface area (Å²) in [7, 11) is 0. The van der Waals surface area contributed by atoms with Crippen LogP contribution in [0.1, 0.15) is 5.56 Å². The zero-order valence-corrected chi connectivity index (χ0v) is 11.6. The number of fused-ring (bicyclic) bond motifs is 1. The van der Waals surface area contributed by atoms with Gasteiger partial charge in [-0.3, -0.25) is 9.59 Å². The quantitative estimate of drug-likeness (QED) is 0.834. The minimum atomic E-state index is -0.169. The fourth-order valence-corrected chi connectivity index (χ4v) is 2.38. The van der Waals surface area contributed by atoms with Crippen molar-refractivity contribution in [2.45, 2.75) is 13.1 Å². The van der Waals surface area contributed by atoms with Gasteiger partial charge in [0.1, 0.15) is 18.9 Å². The fraction of sp³-hybridized carbons (Fsp3) is 0.250. The number of para-hydroxylation sites is 1. The average molecular weight is 284 g/mol. The molecule has 2 heterocycles. The molecule has 0 radical (unpaired) electrons. The number of hydrogen-bond donors (Lipinski definition) is 0. The molecular formula is C16H16N2O3. The summed E-state index contributed by atoms with van der Waals surface area (Å²) in [5.41, 5.74) is 0.820. The molecule has 0 bridgehead atoms. The first kappa shape index (κ1) is 13.4. The third-order valence-corrected chi connectivity index (χ3v) is 3.51. The molecule has 1 aromatic carbocycles. The molecular weight excluding hydrogens is 268 g/mol. The monoisotopic (exact) mass is 284 g/mol. The van der Waals surface area contributed by atoms with E-state index in [9.17, 15) is 9.59 Å². The number of carbonyl (C=O) groups is 1. The third kappa shape index (κ3) is 2.97. The van der Waals surface area contributed by atoms with Gasteiger partial charge in [0.05, 0.1) is 6.54 Å². The second-order valence-electron chi connectivity index (χ2n) is 4.94. The topological polar surface area (TPSA) is 51.5 Å². The summed E-state index contributed by atoms with van der Waals surface area (Å²) in [6.45, 7) is 1.56. The van der Waals surface area contributed by atoms with Gasteiger partial charge in [0, 0.05) is 24.4 Å². The Morgan fingerprint density at radius 2 is 1.95 bits per heavy atom. The highest BCUT2D eigenvalue weighted by Crippen LogP contribution is 2.22. The van der Waals surface area contributed by atoms with Crippen LogP contribution in [0, 0.1) is 0 Å². The van der Waals surface area contributed by atoms with Crippen molar-refractivity contribution in [2.24, 2.45) is 0 Å². The summed E-state index contributed by atoms with van der Waals surface area (Å²) in [5, 5.41) is 0. The maximum atomic E-state index is 12.4.